The third-order valence-electron chi connectivity index (χ3n) is 3.15. The van der Waals surface area contributed by atoms with Gasteiger partial charge in [0, 0.05) is 5.92 Å². The monoisotopic (exact) mass is 260 g/mol. The molecule has 0 aromatic rings. The van der Waals surface area contributed by atoms with Crippen LogP contribution < -0.4 is 0 Å². The van der Waals surface area contributed by atoms with Gasteiger partial charge in [-0.15, -0.1) is 9.24 Å². The number of carbonyl (C=O) groups excluding carboxylic acids is 2. The van der Waals surface area contributed by atoms with E-state index < -0.39 is 0 Å². The van der Waals surface area contributed by atoms with E-state index in [1.165, 1.54) is 0 Å². The first-order valence-corrected chi connectivity index (χ1v) is 6.76. The first-order chi connectivity index (χ1) is 8.02. The van der Waals surface area contributed by atoms with Crippen molar-refractivity contribution in [3.8, 4) is 0 Å². The maximum atomic E-state index is 11.9. The summed E-state index contributed by atoms with van der Waals surface area (Å²) in [6, 6.07) is 0. The van der Waals surface area contributed by atoms with Gasteiger partial charge in [-0.05, 0) is 19.0 Å². The molecule has 0 N–H and O–H groups in total. The summed E-state index contributed by atoms with van der Waals surface area (Å²) in [5.41, 5.74) is 0.0269. The van der Waals surface area contributed by atoms with Gasteiger partial charge in [0.15, 0.2) is 5.78 Å². The molecule has 1 rings (SSSR count). The number of esters is 1. The Bertz CT molecular complexity index is 290. The number of rotatable bonds is 5. The molecule has 5 heteroatoms. The Kier molecular flexibility index (Phi) is 5.54. The minimum Gasteiger partial charge on any atom is -0.466 e. The van der Waals surface area contributed by atoms with Gasteiger partial charge in [0.25, 0.3) is 0 Å². The number of carbonyl (C=O) groups is 2. The molecular formula is C12H21O4P. The van der Waals surface area contributed by atoms with E-state index in [1.54, 1.807) is 6.92 Å². The van der Waals surface area contributed by atoms with E-state index in [9.17, 15) is 9.59 Å². The zero-order valence-corrected chi connectivity index (χ0v) is 11.8. The van der Waals surface area contributed by atoms with Crippen LogP contribution in [0.3, 0.4) is 0 Å². The van der Waals surface area contributed by atoms with Gasteiger partial charge in [-0.25, -0.2) is 0 Å². The molecule has 1 saturated heterocycles. The molecule has 3 unspecified atom stereocenters. The predicted molar refractivity (Wildman–Crippen MR) is 67.8 cm³/mol. The Morgan fingerprint density at radius 3 is 2.71 bits per heavy atom. The molecule has 0 aromatic carbocycles. The molecule has 4 nitrogen and oxygen atoms in total. The Morgan fingerprint density at radius 1 is 1.59 bits per heavy atom. The highest BCUT2D eigenvalue weighted by molar-refractivity contribution is 7.17. The highest BCUT2D eigenvalue weighted by Gasteiger charge is 2.44. The van der Waals surface area contributed by atoms with Crippen LogP contribution in [-0.4, -0.2) is 36.7 Å². The third kappa shape index (κ3) is 3.26. The quantitative estimate of drug-likeness (QED) is 0.554. The average molecular weight is 260 g/mol. The van der Waals surface area contributed by atoms with Crippen LogP contribution in [-0.2, 0) is 19.1 Å². The van der Waals surface area contributed by atoms with Crippen molar-refractivity contribution in [2.75, 3.05) is 13.2 Å². The minimum absolute atomic E-state index is 0.0269. The molecule has 17 heavy (non-hydrogen) atoms. The minimum atomic E-state index is -0.378. The maximum absolute atomic E-state index is 11.9. The van der Waals surface area contributed by atoms with Crippen LogP contribution in [0.2, 0.25) is 0 Å². The van der Waals surface area contributed by atoms with Gasteiger partial charge in [0.1, 0.15) is 6.61 Å². The normalized spacial score (nSPS) is 27.9. The molecule has 1 fully saturated rings. The van der Waals surface area contributed by atoms with Crippen molar-refractivity contribution in [3.05, 3.63) is 0 Å². The molecule has 98 valence electrons. The Morgan fingerprint density at radius 2 is 2.24 bits per heavy atom. The molecule has 0 aromatic heterocycles. The summed E-state index contributed by atoms with van der Waals surface area (Å²) in [6.45, 7) is 6.12. The summed E-state index contributed by atoms with van der Waals surface area (Å²) < 4.78 is 10.6. The van der Waals surface area contributed by atoms with Crippen molar-refractivity contribution in [2.24, 2.45) is 11.8 Å². The third-order valence-corrected chi connectivity index (χ3v) is 3.56. The molecule has 5 atom stereocenters. The Labute approximate surface area is 105 Å². The topological polar surface area (TPSA) is 52.6 Å². The van der Waals surface area contributed by atoms with Crippen LogP contribution in [0.1, 0.15) is 27.2 Å². The van der Waals surface area contributed by atoms with E-state index in [1.807, 2.05) is 13.8 Å². The highest BCUT2D eigenvalue weighted by atomic mass is 31.0. The molecule has 1 aliphatic heterocycles. The van der Waals surface area contributed by atoms with Gasteiger partial charge in [-0.1, -0.05) is 13.8 Å². The highest BCUT2D eigenvalue weighted by Crippen LogP contribution is 2.32. The van der Waals surface area contributed by atoms with Crippen molar-refractivity contribution in [1.82, 2.24) is 0 Å². The molecule has 0 saturated carbocycles. The Balaban J connectivity index is 2.84. The Hall–Kier alpha value is -0.470. The van der Waals surface area contributed by atoms with Crippen LogP contribution in [0, 0.1) is 11.8 Å². The summed E-state index contributed by atoms with van der Waals surface area (Å²) in [7, 11) is 2.60. The standard InChI is InChI=1S/C12H21O4P/c1-4-8-9(13)6-16-11(8)10(7(3)17)12(14)15-5-2/h7-8,10-11H,4-6,17H2,1-3H3/t7?,8-,10-,11?/m1/s1. The van der Waals surface area contributed by atoms with Gasteiger partial charge in [0.05, 0.1) is 18.6 Å². The number of ketones is 1. The lowest BCUT2D eigenvalue weighted by molar-refractivity contribution is -0.153. The fourth-order valence-corrected chi connectivity index (χ4v) is 2.66. The summed E-state index contributed by atoms with van der Waals surface area (Å²) in [5.74, 6) is -0.727. The lowest BCUT2D eigenvalue weighted by Gasteiger charge is -2.27. The molecule has 0 bridgehead atoms. The number of hydrogen-bond acceptors (Lipinski definition) is 4. The lowest BCUT2D eigenvalue weighted by atomic mass is 9.86. The van der Waals surface area contributed by atoms with E-state index in [0.717, 1.165) is 0 Å². The molecule has 0 spiro atoms. The van der Waals surface area contributed by atoms with Crippen LogP contribution in [0.4, 0.5) is 0 Å². The molecule has 0 amide bonds. The predicted octanol–water partition coefficient (Wildman–Crippen LogP) is 1.42. The molecule has 1 heterocycles. The van der Waals surface area contributed by atoms with Crippen molar-refractivity contribution in [2.45, 2.75) is 39.0 Å². The summed E-state index contributed by atoms with van der Waals surface area (Å²) in [4.78, 5) is 23.6. The van der Waals surface area contributed by atoms with Gasteiger partial charge in [-0.3, -0.25) is 9.59 Å². The van der Waals surface area contributed by atoms with Crippen LogP contribution in [0.5, 0.6) is 0 Å². The van der Waals surface area contributed by atoms with Crippen molar-refractivity contribution < 1.29 is 19.1 Å². The smallest absolute Gasteiger partial charge is 0.312 e. The molecular weight excluding hydrogens is 239 g/mol. The van der Waals surface area contributed by atoms with Crippen LogP contribution in [0.25, 0.3) is 0 Å². The van der Waals surface area contributed by atoms with Crippen molar-refractivity contribution in [3.63, 3.8) is 0 Å². The average Bonchev–Trinajstić information content (AvgIpc) is 2.60. The second-order valence-electron chi connectivity index (χ2n) is 4.39. The second-order valence-corrected chi connectivity index (χ2v) is 5.45. The fraction of sp³-hybridized carbons (Fsp3) is 0.833. The maximum Gasteiger partial charge on any atom is 0.312 e. The van der Waals surface area contributed by atoms with Gasteiger partial charge >= 0.3 is 5.97 Å². The van der Waals surface area contributed by atoms with Crippen LogP contribution >= 0.6 is 9.24 Å². The number of hydrogen-bond donors (Lipinski definition) is 0. The van der Waals surface area contributed by atoms with Gasteiger partial charge < -0.3 is 9.47 Å². The zero-order chi connectivity index (χ0) is 13.0. The fourth-order valence-electron chi connectivity index (χ4n) is 2.29. The van der Waals surface area contributed by atoms with E-state index in [0.29, 0.717) is 13.0 Å². The zero-order valence-electron chi connectivity index (χ0n) is 10.6. The molecule has 0 aliphatic carbocycles. The molecule has 0 radical (unpaired) electrons. The largest absolute Gasteiger partial charge is 0.466 e. The summed E-state index contributed by atoms with van der Waals surface area (Å²) >= 11 is 0. The van der Waals surface area contributed by atoms with E-state index in [2.05, 4.69) is 9.24 Å². The number of ether oxygens (including phenoxy) is 2. The first-order valence-electron chi connectivity index (χ1n) is 6.09. The lowest BCUT2D eigenvalue weighted by Crippen LogP contribution is -2.39. The van der Waals surface area contributed by atoms with Crippen LogP contribution in [0.15, 0.2) is 0 Å². The van der Waals surface area contributed by atoms with Crippen molar-refractivity contribution >= 4 is 21.0 Å². The van der Waals surface area contributed by atoms with Gasteiger partial charge in [-0.2, -0.15) is 0 Å². The van der Waals surface area contributed by atoms with Gasteiger partial charge in [0.2, 0.25) is 0 Å². The SMILES string of the molecule is CCOC(=O)[C@H](C(C)P)C1OCC(=O)[C@H]1CC. The van der Waals surface area contributed by atoms with Crippen molar-refractivity contribution in [1.29, 1.82) is 0 Å². The summed E-state index contributed by atoms with van der Waals surface area (Å²) in [6.07, 6.45) is 0.371. The van der Waals surface area contributed by atoms with E-state index in [4.69, 9.17) is 9.47 Å². The number of Topliss-reactive ketones (excluding diaryl/α,β-unsaturated/α-hetero) is 1. The first kappa shape index (κ1) is 14.6. The van der Waals surface area contributed by atoms with E-state index >= 15 is 0 Å². The second kappa shape index (κ2) is 6.46. The van der Waals surface area contributed by atoms with E-state index in [-0.39, 0.29) is 42.0 Å². The molecule has 1 aliphatic rings. The summed E-state index contributed by atoms with van der Waals surface area (Å²) in [5, 5.41) is 0.